The summed E-state index contributed by atoms with van der Waals surface area (Å²) < 4.78 is 5.17. The average molecular weight is 232 g/mol. The SMILES string of the molecule is COc1cccc(NCC(C)(C)CCC#N)c1. The van der Waals surface area contributed by atoms with Crippen molar-refractivity contribution < 1.29 is 4.74 Å². The molecule has 1 aromatic rings. The van der Waals surface area contributed by atoms with E-state index in [0.717, 1.165) is 24.4 Å². The smallest absolute Gasteiger partial charge is 0.120 e. The number of hydrogen-bond acceptors (Lipinski definition) is 3. The van der Waals surface area contributed by atoms with Gasteiger partial charge in [-0.1, -0.05) is 19.9 Å². The zero-order valence-electron chi connectivity index (χ0n) is 10.8. The van der Waals surface area contributed by atoms with E-state index >= 15 is 0 Å². The lowest BCUT2D eigenvalue weighted by Crippen LogP contribution is -2.22. The molecule has 1 rings (SSSR count). The lowest BCUT2D eigenvalue weighted by Gasteiger charge is -2.24. The molecule has 0 bridgehead atoms. The summed E-state index contributed by atoms with van der Waals surface area (Å²) in [6.07, 6.45) is 1.51. The van der Waals surface area contributed by atoms with Crippen LogP contribution in [0.25, 0.3) is 0 Å². The average Bonchev–Trinajstić information content (AvgIpc) is 2.34. The van der Waals surface area contributed by atoms with Crippen molar-refractivity contribution in [3.63, 3.8) is 0 Å². The van der Waals surface area contributed by atoms with E-state index in [9.17, 15) is 0 Å². The Morgan fingerprint density at radius 1 is 1.41 bits per heavy atom. The molecule has 3 nitrogen and oxygen atoms in total. The molecule has 0 fully saturated rings. The summed E-state index contributed by atoms with van der Waals surface area (Å²) in [6.45, 7) is 5.18. The zero-order valence-corrected chi connectivity index (χ0v) is 10.8. The minimum Gasteiger partial charge on any atom is -0.497 e. The van der Waals surface area contributed by atoms with E-state index in [4.69, 9.17) is 10.00 Å². The highest BCUT2D eigenvalue weighted by molar-refractivity contribution is 5.48. The van der Waals surface area contributed by atoms with Gasteiger partial charge in [-0.2, -0.15) is 5.26 Å². The summed E-state index contributed by atoms with van der Waals surface area (Å²) in [6, 6.07) is 10.1. The van der Waals surface area contributed by atoms with Crippen LogP contribution in [0.15, 0.2) is 24.3 Å². The first-order valence-corrected chi connectivity index (χ1v) is 5.82. The molecule has 0 atom stereocenters. The lowest BCUT2D eigenvalue weighted by atomic mass is 9.88. The van der Waals surface area contributed by atoms with Crippen LogP contribution >= 0.6 is 0 Å². The molecule has 17 heavy (non-hydrogen) atoms. The number of ether oxygens (including phenoxy) is 1. The summed E-state index contributed by atoms with van der Waals surface area (Å²) in [5, 5.41) is 12.0. The lowest BCUT2D eigenvalue weighted by molar-refractivity contribution is 0.363. The fraction of sp³-hybridized carbons (Fsp3) is 0.500. The Labute approximate surface area is 103 Å². The number of methoxy groups -OCH3 is 1. The van der Waals surface area contributed by atoms with Gasteiger partial charge in [0, 0.05) is 24.7 Å². The van der Waals surface area contributed by atoms with Gasteiger partial charge in [0.25, 0.3) is 0 Å². The second-order valence-electron chi connectivity index (χ2n) is 4.91. The van der Waals surface area contributed by atoms with Crippen LogP contribution in [0.2, 0.25) is 0 Å². The third kappa shape index (κ3) is 4.78. The number of rotatable bonds is 6. The summed E-state index contributed by atoms with van der Waals surface area (Å²) in [7, 11) is 1.66. The topological polar surface area (TPSA) is 45.0 Å². The van der Waals surface area contributed by atoms with Crippen LogP contribution in [-0.2, 0) is 0 Å². The maximum absolute atomic E-state index is 8.60. The fourth-order valence-corrected chi connectivity index (χ4v) is 1.56. The van der Waals surface area contributed by atoms with E-state index in [1.807, 2.05) is 24.3 Å². The summed E-state index contributed by atoms with van der Waals surface area (Å²) >= 11 is 0. The fourth-order valence-electron chi connectivity index (χ4n) is 1.56. The highest BCUT2D eigenvalue weighted by Gasteiger charge is 2.16. The molecule has 3 heteroatoms. The van der Waals surface area contributed by atoms with Gasteiger partial charge in [-0.25, -0.2) is 0 Å². The van der Waals surface area contributed by atoms with Crippen molar-refractivity contribution in [1.29, 1.82) is 5.26 Å². The zero-order chi connectivity index (χ0) is 12.7. The minimum absolute atomic E-state index is 0.124. The van der Waals surface area contributed by atoms with Gasteiger partial charge < -0.3 is 10.1 Å². The maximum Gasteiger partial charge on any atom is 0.120 e. The Hall–Kier alpha value is -1.69. The Balaban J connectivity index is 2.52. The van der Waals surface area contributed by atoms with Crippen molar-refractivity contribution in [2.24, 2.45) is 5.41 Å². The first-order chi connectivity index (χ1) is 8.07. The molecule has 0 saturated carbocycles. The molecule has 0 aliphatic rings. The third-order valence-corrected chi connectivity index (χ3v) is 2.75. The van der Waals surface area contributed by atoms with Crippen LogP contribution in [0, 0.1) is 16.7 Å². The molecule has 92 valence electrons. The molecule has 1 aromatic carbocycles. The van der Waals surface area contributed by atoms with Crippen molar-refractivity contribution in [2.45, 2.75) is 26.7 Å². The predicted molar refractivity (Wildman–Crippen MR) is 70.1 cm³/mol. The summed E-state index contributed by atoms with van der Waals surface area (Å²) in [5.41, 5.74) is 1.17. The van der Waals surface area contributed by atoms with Crippen LogP contribution in [0.4, 0.5) is 5.69 Å². The van der Waals surface area contributed by atoms with Crippen LogP contribution in [0.5, 0.6) is 5.75 Å². The Kier molecular flexibility index (Phi) is 4.84. The highest BCUT2D eigenvalue weighted by Crippen LogP contribution is 2.24. The van der Waals surface area contributed by atoms with Crippen LogP contribution in [0.3, 0.4) is 0 Å². The number of hydrogen-bond donors (Lipinski definition) is 1. The number of anilines is 1. The second-order valence-corrected chi connectivity index (χ2v) is 4.91. The molecule has 0 aliphatic carbocycles. The van der Waals surface area contributed by atoms with Gasteiger partial charge >= 0.3 is 0 Å². The summed E-state index contributed by atoms with van der Waals surface area (Å²) in [5.74, 6) is 0.852. The second kappa shape index (κ2) is 6.15. The molecular formula is C14H20N2O. The van der Waals surface area contributed by atoms with Crippen molar-refractivity contribution in [3.8, 4) is 11.8 Å². The molecule has 0 aliphatic heterocycles. The van der Waals surface area contributed by atoms with Crippen LogP contribution in [-0.4, -0.2) is 13.7 Å². The van der Waals surface area contributed by atoms with Gasteiger partial charge in [0.2, 0.25) is 0 Å². The van der Waals surface area contributed by atoms with Gasteiger partial charge in [0.05, 0.1) is 13.2 Å². The molecule has 1 N–H and O–H groups in total. The van der Waals surface area contributed by atoms with Crippen LogP contribution in [0.1, 0.15) is 26.7 Å². The molecule has 0 aromatic heterocycles. The van der Waals surface area contributed by atoms with E-state index in [-0.39, 0.29) is 5.41 Å². The van der Waals surface area contributed by atoms with E-state index in [2.05, 4.69) is 25.2 Å². The van der Waals surface area contributed by atoms with Gasteiger partial charge in [-0.3, -0.25) is 0 Å². The number of nitrogens with zero attached hydrogens (tertiary/aromatic N) is 1. The normalized spacial score (nSPS) is 10.7. The minimum atomic E-state index is 0.124. The van der Waals surface area contributed by atoms with Crippen molar-refractivity contribution in [2.75, 3.05) is 19.0 Å². The van der Waals surface area contributed by atoms with Gasteiger partial charge in [-0.05, 0) is 24.0 Å². The van der Waals surface area contributed by atoms with E-state index in [1.54, 1.807) is 7.11 Å². The summed E-state index contributed by atoms with van der Waals surface area (Å²) in [4.78, 5) is 0. The Bertz CT molecular complexity index is 393. The molecule has 0 heterocycles. The largest absolute Gasteiger partial charge is 0.497 e. The molecule has 0 amide bonds. The van der Waals surface area contributed by atoms with E-state index in [1.165, 1.54) is 0 Å². The Morgan fingerprint density at radius 3 is 2.82 bits per heavy atom. The van der Waals surface area contributed by atoms with Crippen molar-refractivity contribution >= 4 is 5.69 Å². The highest BCUT2D eigenvalue weighted by atomic mass is 16.5. The van der Waals surface area contributed by atoms with Gasteiger partial charge in [-0.15, -0.1) is 0 Å². The Morgan fingerprint density at radius 2 is 2.18 bits per heavy atom. The first kappa shape index (κ1) is 13.4. The van der Waals surface area contributed by atoms with Gasteiger partial charge in [0.1, 0.15) is 5.75 Å². The number of nitriles is 1. The molecular weight excluding hydrogens is 212 g/mol. The van der Waals surface area contributed by atoms with Gasteiger partial charge in [0.15, 0.2) is 0 Å². The molecule has 0 saturated heterocycles. The maximum atomic E-state index is 8.60. The molecule has 0 spiro atoms. The molecule has 0 radical (unpaired) electrons. The van der Waals surface area contributed by atoms with Crippen LogP contribution < -0.4 is 10.1 Å². The standard InChI is InChI=1S/C14H20N2O/c1-14(2,8-5-9-15)11-16-12-6-4-7-13(10-12)17-3/h4,6-7,10,16H,5,8,11H2,1-3H3. The third-order valence-electron chi connectivity index (χ3n) is 2.75. The van der Waals surface area contributed by atoms with E-state index < -0.39 is 0 Å². The van der Waals surface area contributed by atoms with Crippen molar-refractivity contribution in [1.82, 2.24) is 0 Å². The first-order valence-electron chi connectivity index (χ1n) is 5.82. The predicted octanol–water partition coefficient (Wildman–Crippen LogP) is 3.44. The van der Waals surface area contributed by atoms with Crippen molar-refractivity contribution in [3.05, 3.63) is 24.3 Å². The number of benzene rings is 1. The monoisotopic (exact) mass is 232 g/mol. The quantitative estimate of drug-likeness (QED) is 0.817. The van der Waals surface area contributed by atoms with E-state index in [0.29, 0.717) is 6.42 Å². The molecule has 0 unspecified atom stereocenters. The number of nitrogens with one attached hydrogen (secondary N) is 1.